The molecular weight excluding hydrogens is 400 g/mol. The van der Waals surface area contributed by atoms with Crippen molar-refractivity contribution in [2.45, 2.75) is 26.2 Å². The van der Waals surface area contributed by atoms with Gasteiger partial charge in [-0.05, 0) is 70.0 Å². The van der Waals surface area contributed by atoms with Crippen molar-refractivity contribution in [3.63, 3.8) is 0 Å². The van der Waals surface area contributed by atoms with Crippen LogP contribution >= 0.6 is 22.6 Å². The number of aromatic nitrogens is 1. The third kappa shape index (κ3) is 2.69. The average molecular weight is 421 g/mol. The molecule has 1 nitrogen and oxygen atoms in total. The Bertz CT molecular complexity index is 848. The Kier molecular flexibility index (Phi) is 4.25. The summed E-state index contributed by atoms with van der Waals surface area (Å²) in [5.74, 6) is 0.204. The fraction of sp³-hybridized carbons (Fsp3) is 0.300. The molecule has 2 aromatic carbocycles. The first-order valence-electron chi connectivity index (χ1n) is 7.85. The minimum atomic E-state index is -0.182. The lowest BCUT2D eigenvalue weighted by atomic mass is 9.68. The van der Waals surface area contributed by atoms with E-state index < -0.39 is 0 Å². The molecule has 23 heavy (non-hydrogen) atoms. The van der Waals surface area contributed by atoms with E-state index in [1.807, 2.05) is 13.1 Å². The van der Waals surface area contributed by atoms with Gasteiger partial charge >= 0.3 is 0 Å². The molecule has 120 valence electrons. The minimum absolute atomic E-state index is 0.169. The third-order valence-electron chi connectivity index (χ3n) is 5.11. The first kappa shape index (κ1) is 16.5. The summed E-state index contributed by atoms with van der Waals surface area (Å²) in [5.41, 5.74) is 3.35. The molecule has 1 aromatic heterocycles. The largest absolute Gasteiger partial charge is 0.350 e. The number of halogens is 2. The maximum absolute atomic E-state index is 13.9. The number of rotatable bonds is 3. The van der Waals surface area contributed by atoms with E-state index in [1.165, 1.54) is 20.8 Å². The fourth-order valence-corrected chi connectivity index (χ4v) is 3.73. The molecule has 1 atom stereocenters. The Morgan fingerprint density at radius 1 is 1.09 bits per heavy atom. The number of hydrogen-bond acceptors (Lipinski definition) is 0. The van der Waals surface area contributed by atoms with Gasteiger partial charge in [0.2, 0.25) is 0 Å². The van der Waals surface area contributed by atoms with Crippen molar-refractivity contribution < 1.29 is 4.39 Å². The second-order valence-corrected chi connectivity index (χ2v) is 7.92. The highest BCUT2D eigenvalue weighted by molar-refractivity contribution is 14.1. The third-order valence-corrected chi connectivity index (χ3v) is 5.83. The lowest BCUT2D eigenvalue weighted by Gasteiger charge is -2.35. The van der Waals surface area contributed by atoms with Gasteiger partial charge in [-0.3, -0.25) is 0 Å². The van der Waals surface area contributed by atoms with Gasteiger partial charge in [0.15, 0.2) is 0 Å². The molecule has 0 aliphatic carbocycles. The number of fused-ring (bicyclic) bond motifs is 1. The summed E-state index contributed by atoms with van der Waals surface area (Å²) in [6.07, 6.45) is 2.15. The van der Waals surface area contributed by atoms with Gasteiger partial charge in [0.1, 0.15) is 5.82 Å². The number of nitrogens with zero attached hydrogens (tertiary/aromatic N) is 1. The summed E-state index contributed by atoms with van der Waals surface area (Å²) >= 11 is 2.33. The van der Waals surface area contributed by atoms with Crippen LogP contribution in [0.2, 0.25) is 0 Å². The molecule has 0 N–H and O–H groups in total. The summed E-state index contributed by atoms with van der Waals surface area (Å²) in [5, 5.41) is 1.00. The SMILES string of the molecule is CC(C)C(C)(c1ccc(I)cc1)c1cn(C)c2ccc(F)cc12. The van der Waals surface area contributed by atoms with Crippen LogP contribution in [0.15, 0.2) is 48.7 Å². The number of benzene rings is 2. The molecule has 1 unspecified atom stereocenters. The molecule has 0 saturated heterocycles. The second-order valence-electron chi connectivity index (χ2n) is 6.68. The topological polar surface area (TPSA) is 4.93 Å². The van der Waals surface area contributed by atoms with Crippen LogP contribution < -0.4 is 0 Å². The van der Waals surface area contributed by atoms with Crippen LogP contribution in [0.5, 0.6) is 0 Å². The standard InChI is InChI=1S/C20H21FIN/c1-13(2)20(3,14-5-8-16(22)9-6-14)18-12-23(4)19-10-7-15(21)11-17(18)19/h5-13H,1-4H3. The van der Waals surface area contributed by atoms with Gasteiger partial charge < -0.3 is 4.57 Å². The smallest absolute Gasteiger partial charge is 0.123 e. The number of aryl methyl sites for hydroxylation is 1. The normalized spacial score (nSPS) is 14.4. The van der Waals surface area contributed by atoms with Crippen molar-refractivity contribution in [3.05, 3.63) is 69.2 Å². The van der Waals surface area contributed by atoms with E-state index in [1.54, 1.807) is 6.07 Å². The molecule has 0 bridgehead atoms. The fourth-order valence-electron chi connectivity index (χ4n) is 3.37. The summed E-state index contributed by atoms with van der Waals surface area (Å²) in [7, 11) is 2.03. The van der Waals surface area contributed by atoms with E-state index in [0.29, 0.717) is 5.92 Å². The summed E-state index contributed by atoms with van der Waals surface area (Å²) < 4.78 is 17.2. The number of hydrogen-bond donors (Lipinski definition) is 0. The van der Waals surface area contributed by atoms with Crippen LogP contribution in [0.3, 0.4) is 0 Å². The van der Waals surface area contributed by atoms with Crippen LogP contribution in [0.4, 0.5) is 4.39 Å². The van der Waals surface area contributed by atoms with Gasteiger partial charge in [0.25, 0.3) is 0 Å². The Morgan fingerprint density at radius 2 is 1.74 bits per heavy atom. The highest BCUT2D eigenvalue weighted by atomic mass is 127. The zero-order valence-electron chi connectivity index (χ0n) is 13.9. The predicted molar refractivity (Wildman–Crippen MR) is 103 cm³/mol. The maximum Gasteiger partial charge on any atom is 0.123 e. The van der Waals surface area contributed by atoms with Crippen molar-refractivity contribution in [1.29, 1.82) is 0 Å². The van der Waals surface area contributed by atoms with Crippen LogP contribution in [0, 0.1) is 15.3 Å². The zero-order valence-corrected chi connectivity index (χ0v) is 16.1. The van der Waals surface area contributed by atoms with Gasteiger partial charge in [0, 0.05) is 33.1 Å². The highest BCUT2D eigenvalue weighted by Gasteiger charge is 2.35. The van der Waals surface area contributed by atoms with Gasteiger partial charge in [-0.25, -0.2) is 4.39 Å². The molecule has 0 aliphatic heterocycles. The van der Waals surface area contributed by atoms with Gasteiger partial charge in [-0.2, -0.15) is 0 Å². The van der Waals surface area contributed by atoms with Gasteiger partial charge in [-0.15, -0.1) is 0 Å². The van der Waals surface area contributed by atoms with Crippen molar-refractivity contribution in [2.75, 3.05) is 0 Å². The lowest BCUT2D eigenvalue weighted by Crippen LogP contribution is -2.30. The minimum Gasteiger partial charge on any atom is -0.350 e. The molecule has 3 heteroatoms. The van der Waals surface area contributed by atoms with E-state index in [2.05, 4.69) is 78.4 Å². The van der Waals surface area contributed by atoms with E-state index in [-0.39, 0.29) is 11.2 Å². The summed E-state index contributed by atoms with van der Waals surface area (Å²) in [6.45, 7) is 6.73. The van der Waals surface area contributed by atoms with Crippen molar-refractivity contribution in [1.82, 2.24) is 4.57 Å². The molecular formula is C20H21FIN. The summed E-state index contributed by atoms with van der Waals surface area (Å²) in [6, 6.07) is 13.7. The average Bonchev–Trinajstić information content (AvgIpc) is 2.83. The summed E-state index contributed by atoms with van der Waals surface area (Å²) in [4.78, 5) is 0. The van der Waals surface area contributed by atoms with Crippen LogP contribution in [-0.4, -0.2) is 4.57 Å². The van der Waals surface area contributed by atoms with Crippen LogP contribution in [-0.2, 0) is 12.5 Å². The van der Waals surface area contributed by atoms with Crippen LogP contribution in [0.1, 0.15) is 31.9 Å². The van der Waals surface area contributed by atoms with Crippen molar-refractivity contribution in [2.24, 2.45) is 13.0 Å². The molecule has 3 aromatic rings. The molecule has 0 fully saturated rings. The van der Waals surface area contributed by atoms with Gasteiger partial charge in [-0.1, -0.05) is 32.9 Å². The first-order valence-corrected chi connectivity index (χ1v) is 8.93. The maximum atomic E-state index is 13.9. The van der Waals surface area contributed by atoms with Crippen molar-refractivity contribution >= 4 is 33.5 Å². The molecule has 0 spiro atoms. The van der Waals surface area contributed by atoms with E-state index >= 15 is 0 Å². The first-order chi connectivity index (χ1) is 10.8. The zero-order chi connectivity index (χ0) is 16.8. The van der Waals surface area contributed by atoms with Crippen LogP contribution in [0.25, 0.3) is 10.9 Å². The van der Waals surface area contributed by atoms with Gasteiger partial charge in [0.05, 0.1) is 0 Å². The van der Waals surface area contributed by atoms with Crippen molar-refractivity contribution in [3.8, 4) is 0 Å². The molecule has 1 heterocycles. The molecule has 3 rings (SSSR count). The second kappa shape index (κ2) is 5.93. The molecule has 0 saturated carbocycles. The Labute approximate surface area is 150 Å². The predicted octanol–water partition coefficient (Wildman–Crippen LogP) is 5.88. The molecule has 0 aliphatic rings. The highest BCUT2D eigenvalue weighted by Crippen LogP contribution is 2.42. The Balaban J connectivity index is 2.31. The van der Waals surface area contributed by atoms with E-state index in [0.717, 1.165) is 10.9 Å². The molecule has 0 radical (unpaired) electrons. The monoisotopic (exact) mass is 421 g/mol. The Hall–Kier alpha value is -1.36. The molecule has 0 amide bonds. The lowest BCUT2D eigenvalue weighted by molar-refractivity contribution is 0.407. The Morgan fingerprint density at radius 3 is 2.35 bits per heavy atom. The van der Waals surface area contributed by atoms with E-state index in [4.69, 9.17) is 0 Å². The quantitative estimate of drug-likeness (QED) is 0.466. The van der Waals surface area contributed by atoms with E-state index in [9.17, 15) is 4.39 Å².